The van der Waals surface area contributed by atoms with Gasteiger partial charge < -0.3 is 0 Å². The number of para-hydroxylation sites is 2. The standard InChI is InChI=1S/C14H13N3O2/c1-11-5-4-6-12(9-11)10-15-16-13-7-2-3-8-14(13)17(18)19/h2-10,16H,1H3/b15-10+. The molecule has 2 aromatic rings. The fraction of sp³-hybridized carbons (Fsp3) is 0.0714. The third-order valence-electron chi connectivity index (χ3n) is 2.54. The Hall–Kier alpha value is -2.69. The van der Waals surface area contributed by atoms with E-state index in [2.05, 4.69) is 10.5 Å². The maximum atomic E-state index is 10.8. The Labute approximate surface area is 110 Å². The largest absolute Gasteiger partial charge is 0.294 e. The highest BCUT2D eigenvalue weighted by molar-refractivity contribution is 5.80. The summed E-state index contributed by atoms with van der Waals surface area (Å²) >= 11 is 0. The lowest BCUT2D eigenvalue weighted by atomic mass is 10.2. The molecule has 0 aliphatic rings. The van der Waals surface area contributed by atoms with E-state index >= 15 is 0 Å². The lowest BCUT2D eigenvalue weighted by Crippen LogP contribution is -1.96. The van der Waals surface area contributed by atoms with E-state index in [-0.39, 0.29) is 5.69 Å². The van der Waals surface area contributed by atoms with Gasteiger partial charge in [-0.3, -0.25) is 15.5 Å². The van der Waals surface area contributed by atoms with Crippen LogP contribution >= 0.6 is 0 Å². The Morgan fingerprint density at radius 1 is 1.21 bits per heavy atom. The maximum absolute atomic E-state index is 10.8. The molecule has 5 heteroatoms. The van der Waals surface area contributed by atoms with Crippen LogP contribution < -0.4 is 5.43 Å². The van der Waals surface area contributed by atoms with Crippen molar-refractivity contribution in [3.8, 4) is 0 Å². The van der Waals surface area contributed by atoms with E-state index in [0.29, 0.717) is 5.69 Å². The first kappa shape index (κ1) is 12.8. The predicted octanol–water partition coefficient (Wildman–Crippen LogP) is 3.35. The van der Waals surface area contributed by atoms with Gasteiger partial charge in [0.2, 0.25) is 0 Å². The molecule has 0 atom stereocenters. The van der Waals surface area contributed by atoms with Crippen LogP contribution in [-0.4, -0.2) is 11.1 Å². The van der Waals surface area contributed by atoms with Crippen LogP contribution in [0.25, 0.3) is 0 Å². The van der Waals surface area contributed by atoms with Crippen molar-refractivity contribution in [3.63, 3.8) is 0 Å². The molecular weight excluding hydrogens is 242 g/mol. The second-order valence-electron chi connectivity index (χ2n) is 4.06. The number of aryl methyl sites for hydroxylation is 1. The lowest BCUT2D eigenvalue weighted by Gasteiger charge is -2.01. The molecule has 0 unspecified atom stereocenters. The molecule has 0 amide bonds. The van der Waals surface area contributed by atoms with Crippen molar-refractivity contribution in [1.29, 1.82) is 0 Å². The van der Waals surface area contributed by atoms with Crippen molar-refractivity contribution in [2.24, 2.45) is 5.10 Å². The van der Waals surface area contributed by atoms with E-state index < -0.39 is 4.92 Å². The predicted molar refractivity (Wildman–Crippen MR) is 75.5 cm³/mol. The summed E-state index contributed by atoms with van der Waals surface area (Å²) in [6.07, 6.45) is 1.63. The third kappa shape index (κ3) is 3.38. The Morgan fingerprint density at radius 3 is 2.74 bits per heavy atom. The van der Waals surface area contributed by atoms with Crippen LogP contribution in [0.3, 0.4) is 0 Å². The quantitative estimate of drug-likeness (QED) is 0.517. The smallest absolute Gasteiger partial charge is 0.272 e. The number of nitro groups is 1. The molecule has 96 valence electrons. The maximum Gasteiger partial charge on any atom is 0.294 e. The van der Waals surface area contributed by atoms with Crippen LogP contribution in [0.2, 0.25) is 0 Å². The highest BCUT2D eigenvalue weighted by Gasteiger charge is 2.10. The summed E-state index contributed by atoms with van der Waals surface area (Å²) in [5.41, 5.74) is 5.14. The fourth-order valence-electron chi connectivity index (χ4n) is 1.65. The van der Waals surface area contributed by atoms with Gasteiger partial charge in [0, 0.05) is 6.07 Å². The molecule has 0 aliphatic heterocycles. The summed E-state index contributed by atoms with van der Waals surface area (Å²) in [6, 6.07) is 14.2. The Kier molecular flexibility index (Phi) is 3.87. The zero-order valence-electron chi connectivity index (χ0n) is 10.4. The van der Waals surface area contributed by atoms with Gasteiger partial charge in [-0.25, -0.2) is 0 Å². The molecule has 1 N–H and O–H groups in total. The molecule has 5 nitrogen and oxygen atoms in total. The molecule has 19 heavy (non-hydrogen) atoms. The molecule has 2 aromatic carbocycles. The minimum absolute atomic E-state index is 0.00360. The Morgan fingerprint density at radius 2 is 2.00 bits per heavy atom. The number of hydrogen-bond donors (Lipinski definition) is 1. The molecule has 2 rings (SSSR count). The Balaban J connectivity index is 2.13. The van der Waals surface area contributed by atoms with Crippen molar-refractivity contribution < 1.29 is 4.92 Å². The molecule has 0 spiro atoms. The van der Waals surface area contributed by atoms with Gasteiger partial charge in [-0.15, -0.1) is 0 Å². The van der Waals surface area contributed by atoms with Crippen molar-refractivity contribution in [2.75, 3.05) is 5.43 Å². The van der Waals surface area contributed by atoms with Crippen molar-refractivity contribution in [1.82, 2.24) is 0 Å². The highest BCUT2D eigenvalue weighted by Crippen LogP contribution is 2.22. The SMILES string of the molecule is Cc1cccc(/C=N/Nc2ccccc2[N+](=O)[O-])c1. The molecule has 0 aromatic heterocycles. The first-order chi connectivity index (χ1) is 9.16. The van der Waals surface area contributed by atoms with E-state index in [1.807, 2.05) is 31.2 Å². The summed E-state index contributed by atoms with van der Waals surface area (Å²) in [5, 5.41) is 14.8. The van der Waals surface area contributed by atoms with Crippen LogP contribution in [-0.2, 0) is 0 Å². The lowest BCUT2D eigenvalue weighted by molar-refractivity contribution is -0.384. The number of hydrazone groups is 1. The highest BCUT2D eigenvalue weighted by atomic mass is 16.6. The van der Waals surface area contributed by atoms with Gasteiger partial charge in [-0.2, -0.15) is 5.10 Å². The minimum Gasteiger partial charge on any atom is -0.272 e. The van der Waals surface area contributed by atoms with Crippen molar-refractivity contribution >= 4 is 17.6 Å². The number of nitrogens with one attached hydrogen (secondary N) is 1. The summed E-state index contributed by atoms with van der Waals surface area (Å²) in [4.78, 5) is 10.4. The first-order valence-electron chi connectivity index (χ1n) is 5.76. The zero-order chi connectivity index (χ0) is 13.7. The van der Waals surface area contributed by atoms with Crippen LogP contribution in [0.15, 0.2) is 53.6 Å². The fourth-order valence-corrected chi connectivity index (χ4v) is 1.65. The summed E-state index contributed by atoms with van der Waals surface area (Å²) in [7, 11) is 0. The number of benzene rings is 2. The van der Waals surface area contributed by atoms with E-state index in [4.69, 9.17) is 0 Å². The van der Waals surface area contributed by atoms with E-state index in [1.54, 1.807) is 24.4 Å². The molecule has 0 radical (unpaired) electrons. The van der Waals surface area contributed by atoms with Crippen molar-refractivity contribution in [2.45, 2.75) is 6.92 Å². The topological polar surface area (TPSA) is 67.5 Å². The second-order valence-corrected chi connectivity index (χ2v) is 4.06. The van der Waals surface area contributed by atoms with Gasteiger partial charge >= 0.3 is 0 Å². The van der Waals surface area contributed by atoms with Crippen LogP contribution in [0.5, 0.6) is 0 Å². The third-order valence-corrected chi connectivity index (χ3v) is 2.54. The zero-order valence-corrected chi connectivity index (χ0v) is 10.4. The van der Waals surface area contributed by atoms with Gasteiger partial charge in [-0.05, 0) is 18.6 Å². The summed E-state index contributed by atoms with van der Waals surface area (Å²) < 4.78 is 0. The molecule has 0 saturated heterocycles. The van der Waals surface area contributed by atoms with E-state index in [1.165, 1.54) is 6.07 Å². The molecule has 0 fully saturated rings. The van der Waals surface area contributed by atoms with Gasteiger partial charge in [0.15, 0.2) is 0 Å². The molecule has 0 bridgehead atoms. The first-order valence-corrected chi connectivity index (χ1v) is 5.76. The van der Waals surface area contributed by atoms with Gasteiger partial charge in [0.05, 0.1) is 11.1 Å². The van der Waals surface area contributed by atoms with Gasteiger partial charge in [0.25, 0.3) is 5.69 Å². The van der Waals surface area contributed by atoms with Crippen molar-refractivity contribution in [3.05, 3.63) is 69.8 Å². The van der Waals surface area contributed by atoms with E-state index in [9.17, 15) is 10.1 Å². The molecule has 0 saturated carbocycles. The second kappa shape index (κ2) is 5.77. The van der Waals surface area contributed by atoms with E-state index in [0.717, 1.165) is 11.1 Å². The van der Waals surface area contributed by atoms with Gasteiger partial charge in [-0.1, -0.05) is 42.0 Å². The Bertz CT molecular complexity index is 624. The number of hydrogen-bond acceptors (Lipinski definition) is 4. The molecular formula is C14H13N3O2. The number of nitrogens with zero attached hydrogens (tertiary/aromatic N) is 2. The number of rotatable bonds is 4. The van der Waals surface area contributed by atoms with Gasteiger partial charge in [0.1, 0.15) is 5.69 Å². The van der Waals surface area contributed by atoms with Crippen LogP contribution in [0, 0.1) is 17.0 Å². The average molecular weight is 255 g/mol. The summed E-state index contributed by atoms with van der Waals surface area (Å²) in [6.45, 7) is 1.99. The van der Waals surface area contributed by atoms with Crippen LogP contribution in [0.1, 0.15) is 11.1 Å². The minimum atomic E-state index is -0.440. The summed E-state index contributed by atoms with van der Waals surface area (Å²) in [5.74, 6) is 0. The average Bonchev–Trinajstić information content (AvgIpc) is 2.39. The number of nitro benzene ring substituents is 1. The number of anilines is 1. The molecule has 0 heterocycles. The van der Waals surface area contributed by atoms with Crippen LogP contribution in [0.4, 0.5) is 11.4 Å². The normalized spacial score (nSPS) is 10.6. The molecule has 0 aliphatic carbocycles. The monoisotopic (exact) mass is 255 g/mol.